The summed E-state index contributed by atoms with van der Waals surface area (Å²) in [5.41, 5.74) is 0. The molecule has 0 radical (unpaired) electrons. The van der Waals surface area contributed by atoms with E-state index in [0.717, 1.165) is 51.4 Å². The number of hydrogen-bond donors (Lipinski definition) is 12. The smallest absolute Gasteiger partial charge is 0.220 e. The number of allylic oxidation sites excluding steroid dienone is 15. The van der Waals surface area contributed by atoms with Gasteiger partial charge in [0, 0.05) is 6.42 Å². The van der Waals surface area contributed by atoms with Crippen LogP contribution < -0.4 is 5.32 Å². The highest BCUT2D eigenvalue weighted by Crippen LogP contribution is 2.33. The fourth-order valence-corrected chi connectivity index (χ4v) is 9.29. The Balaban J connectivity index is 1.55. The molecule has 80 heavy (non-hydrogen) atoms. The van der Waals surface area contributed by atoms with Crippen LogP contribution in [-0.4, -0.2) is 193 Å². The molecule has 3 heterocycles. The Kier molecular flexibility index (Phi) is 38.5. The number of amides is 1. The van der Waals surface area contributed by atoms with Crippen molar-refractivity contribution in [1.82, 2.24) is 5.32 Å². The zero-order valence-electron chi connectivity index (χ0n) is 47.5. The highest BCUT2D eigenvalue weighted by atomic mass is 16.8. The van der Waals surface area contributed by atoms with E-state index >= 15 is 0 Å². The average molecular weight is 1140 g/mol. The van der Waals surface area contributed by atoms with Crippen LogP contribution in [0, 0.1) is 0 Å². The van der Waals surface area contributed by atoms with E-state index in [9.17, 15) is 61.0 Å². The molecule has 3 rings (SSSR count). The second-order valence-electron chi connectivity index (χ2n) is 20.7. The minimum atomic E-state index is -1.99. The fourth-order valence-electron chi connectivity index (χ4n) is 9.29. The van der Waals surface area contributed by atoms with E-state index in [2.05, 4.69) is 92.1 Å². The third-order valence-corrected chi connectivity index (χ3v) is 14.1. The maximum Gasteiger partial charge on any atom is 0.220 e. The van der Waals surface area contributed by atoms with Crippen molar-refractivity contribution in [3.8, 4) is 0 Å². The normalized spacial score (nSPS) is 30.7. The van der Waals surface area contributed by atoms with Gasteiger partial charge in [-0.25, -0.2) is 0 Å². The predicted molar refractivity (Wildman–Crippen MR) is 304 cm³/mol. The maximum absolute atomic E-state index is 13.3. The molecule has 0 spiro atoms. The number of rotatable bonds is 41. The van der Waals surface area contributed by atoms with Crippen molar-refractivity contribution in [2.24, 2.45) is 0 Å². The summed E-state index contributed by atoms with van der Waals surface area (Å²) in [6, 6.07) is -1.04. The highest BCUT2D eigenvalue weighted by Gasteiger charge is 2.53. The topological polar surface area (TPSA) is 307 Å². The molecular formula is C61H101NO18. The first-order chi connectivity index (χ1) is 38.8. The van der Waals surface area contributed by atoms with Crippen LogP contribution >= 0.6 is 0 Å². The average Bonchev–Trinajstić information content (AvgIpc) is 3.50. The molecule has 1 amide bonds. The van der Waals surface area contributed by atoms with Gasteiger partial charge in [-0.05, 0) is 70.6 Å². The molecule has 17 atom stereocenters. The molecule has 3 aliphatic heterocycles. The van der Waals surface area contributed by atoms with Crippen molar-refractivity contribution >= 4 is 5.91 Å². The molecule has 0 aromatic rings. The van der Waals surface area contributed by atoms with Crippen LogP contribution in [0.5, 0.6) is 0 Å². The zero-order valence-corrected chi connectivity index (χ0v) is 47.5. The third kappa shape index (κ3) is 27.0. The predicted octanol–water partition coefficient (Wildman–Crippen LogP) is 4.98. The van der Waals surface area contributed by atoms with E-state index < -0.39 is 131 Å². The largest absolute Gasteiger partial charge is 0.394 e. The molecular weight excluding hydrogens is 1030 g/mol. The summed E-state index contributed by atoms with van der Waals surface area (Å²) in [5, 5.41) is 120. The Hall–Kier alpha value is -3.29. The van der Waals surface area contributed by atoms with Gasteiger partial charge >= 0.3 is 0 Å². The molecule has 19 heteroatoms. The van der Waals surface area contributed by atoms with Gasteiger partial charge < -0.3 is 89.9 Å². The monoisotopic (exact) mass is 1140 g/mol. The van der Waals surface area contributed by atoms with Crippen LogP contribution in [0.25, 0.3) is 0 Å². The molecule has 458 valence electrons. The van der Waals surface area contributed by atoms with Crippen molar-refractivity contribution in [2.45, 2.75) is 253 Å². The third-order valence-electron chi connectivity index (χ3n) is 14.1. The Morgan fingerprint density at radius 1 is 0.463 bits per heavy atom. The van der Waals surface area contributed by atoms with E-state index in [1.54, 1.807) is 6.08 Å². The summed E-state index contributed by atoms with van der Waals surface area (Å²) < 4.78 is 34.1. The van der Waals surface area contributed by atoms with E-state index in [0.29, 0.717) is 19.3 Å². The van der Waals surface area contributed by atoms with Gasteiger partial charge in [-0.15, -0.1) is 0 Å². The number of ether oxygens (including phenoxy) is 6. The summed E-state index contributed by atoms with van der Waals surface area (Å²) in [6.45, 7) is 1.50. The van der Waals surface area contributed by atoms with Gasteiger partial charge in [0.05, 0.1) is 38.6 Å². The van der Waals surface area contributed by atoms with E-state index in [4.69, 9.17) is 28.4 Å². The summed E-state index contributed by atoms with van der Waals surface area (Å²) in [7, 11) is 0. The standard InChI is InChI=1S/C61H101NO18/c1-3-5-7-9-11-13-15-17-19-21-22-23-25-27-29-31-33-35-37-39-49(67)62-44(45(66)38-36-34-32-30-28-26-24-20-18-16-14-12-10-8-6-4-2)43-75-59-55(73)52(70)57(47(41-64)77-59)80-61-56(74)53(71)58(48(42-65)78-61)79-60-54(72)51(69)50(68)46(40-63)76-60/h5,7,11,13,17,19,22-23,27-30,33,35-36,38,44-48,50-61,63-66,68-74H,3-4,6,8-10,12,14-16,18,20-21,24-26,31-32,34,37,39-43H2,1-2H3,(H,62,67)/b7-5-,13-11-,19-17-,23-22-,29-27-,30-28+,35-33-,38-36+. The first-order valence-electron chi connectivity index (χ1n) is 29.5. The van der Waals surface area contributed by atoms with Crippen LogP contribution in [0.3, 0.4) is 0 Å². The molecule has 0 aliphatic carbocycles. The number of unbranched alkanes of at least 4 members (excludes halogenated alkanes) is 11. The van der Waals surface area contributed by atoms with Crippen LogP contribution in [0.1, 0.15) is 149 Å². The molecule has 19 nitrogen and oxygen atoms in total. The number of hydrogen-bond acceptors (Lipinski definition) is 18. The van der Waals surface area contributed by atoms with Crippen LogP contribution in [0.2, 0.25) is 0 Å². The Bertz CT molecular complexity index is 1840. The number of aliphatic hydroxyl groups excluding tert-OH is 11. The Labute approximate surface area is 475 Å². The molecule has 3 saturated heterocycles. The molecule has 0 saturated carbocycles. The van der Waals surface area contributed by atoms with E-state index in [1.807, 2.05) is 18.2 Å². The molecule has 0 bridgehead atoms. The first-order valence-corrected chi connectivity index (χ1v) is 29.5. The van der Waals surface area contributed by atoms with Crippen molar-refractivity contribution in [1.29, 1.82) is 0 Å². The van der Waals surface area contributed by atoms with Crippen molar-refractivity contribution in [3.05, 3.63) is 97.2 Å². The molecule has 12 N–H and O–H groups in total. The van der Waals surface area contributed by atoms with Crippen molar-refractivity contribution in [3.63, 3.8) is 0 Å². The lowest BCUT2D eigenvalue weighted by atomic mass is 9.96. The summed E-state index contributed by atoms with van der Waals surface area (Å²) in [4.78, 5) is 13.3. The van der Waals surface area contributed by atoms with Crippen LogP contribution in [0.4, 0.5) is 0 Å². The Morgan fingerprint density at radius 3 is 1.39 bits per heavy atom. The highest BCUT2D eigenvalue weighted by molar-refractivity contribution is 5.76. The first kappa shape index (κ1) is 71.0. The fraction of sp³-hybridized carbons (Fsp3) is 0.721. The molecule has 3 fully saturated rings. The number of nitrogens with one attached hydrogen (secondary N) is 1. The van der Waals surface area contributed by atoms with Gasteiger partial charge in [-0.2, -0.15) is 0 Å². The number of aliphatic hydroxyl groups is 11. The molecule has 0 aromatic heterocycles. The van der Waals surface area contributed by atoms with Gasteiger partial charge in [0.25, 0.3) is 0 Å². The molecule has 17 unspecified atom stereocenters. The Morgan fingerprint density at radius 2 is 0.875 bits per heavy atom. The SMILES string of the molecule is CC/C=C\C/C=C\C/C=C\C/C=C\C/C=C\C/C=C\CCC(=O)NC(COC1OC(CO)C(OC2OC(CO)C(OC3OC(CO)C(O)C(O)C3O)C(O)C2O)C(O)C1O)C(O)/C=C/CC/C=C/CCCCCCCCCCCC. The minimum absolute atomic E-state index is 0.105. The van der Waals surface area contributed by atoms with E-state index in [-0.39, 0.29) is 12.3 Å². The van der Waals surface area contributed by atoms with E-state index in [1.165, 1.54) is 57.8 Å². The lowest BCUT2D eigenvalue weighted by Gasteiger charge is -2.48. The molecule has 0 aromatic carbocycles. The van der Waals surface area contributed by atoms with Gasteiger partial charge in [-0.3, -0.25) is 4.79 Å². The minimum Gasteiger partial charge on any atom is -0.394 e. The number of carbonyl (C=O) groups excluding carboxylic acids is 1. The van der Waals surface area contributed by atoms with Crippen molar-refractivity contribution in [2.75, 3.05) is 26.4 Å². The van der Waals surface area contributed by atoms with Gasteiger partial charge in [0.2, 0.25) is 5.91 Å². The maximum atomic E-state index is 13.3. The zero-order chi connectivity index (χ0) is 58.3. The van der Waals surface area contributed by atoms with Gasteiger partial charge in [0.1, 0.15) is 73.2 Å². The quantitative estimate of drug-likeness (QED) is 0.0284. The summed E-state index contributed by atoms with van der Waals surface area (Å²) >= 11 is 0. The molecule has 3 aliphatic rings. The second kappa shape index (κ2) is 43.4. The van der Waals surface area contributed by atoms with Crippen LogP contribution in [0.15, 0.2) is 97.2 Å². The lowest BCUT2D eigenvalue weighted by Crippen LogP contribution is -2.66. The van der Waals surface area contributed by atoms with Gasteiger partial charge in [-0.1, -0.05) is 169 Å². The van der Waals surface area contributed by atoms with Crippen molar-refractivity contribution < 1.29 is 89.4 Å². The van der Waals surface area contributed by atoms with Crippen LogP contribution in [-0.2, 0) is 33.2 Å². The van der Waals surface area contributed by atoms with Gasteiger partial charge in [0.15, 0.2) is 18.9 Å². The number of carbonyl (C=O) groups is 1. The summed E-state index contributed by atoms with van der Waals surface area (Å²) in [6.07, 6.45) is 26.9. The second-order valence-corrected chi connectivity index (χ2v) is 20.7. The summed E-state index contributed by atoms with van der Waals surface area (Å²) in [5.74, 6) is -0.373. The lowest BCUT2D eigenvalue weighted by molar-refractivity contribution is -0.379.